The Morgan fingerprint density at radius 1 is 1.17 bits per heavy atom. The van der Waals surface area contributed by atoms with Gasteiger partial charge in [0.1, 0.15) is 11.4 Å². The van der Waals surface area contributed by atoms with Crippen molar-refractivity contribution in [1.29, 1.82) is 0 Å². The van der Waals surface area contributed by atoms with Gasteiger partial charge in [-0.1, -0.05) is 12.1 Å². The number of furan rings is 1. The van der Waals surface area contributed by atoms with E-state index >= 15 is 0 Å². The number of aliphatic hydroxyl groups is 1. The fourth-order valence-electron chi connectivity index (χ4n) is 4.20. The number of hydrogen-bond donors (Lipinski definition) is 3. The Morgan fingerprint density at radius 3 is 2.52 bits per heavy atom. The van der Waals surface area contributed by atoms with Crippen LogP contribution >= 0.6 is 0 Å². The quantitative estimate of drug-likeness (QED) is 0.618. The van der Waals surface area contributed by atoms with E-state index in [4.69, 9.17) is 10.2 Å². The molecule has 0 aliphatic heterocycles. The Bertz CT molecular complexity index is 1010. The first-order valence-electron chi connectivity index (χ1n) is 10.1. The van der Waals surface area contributed by atoms with Gasteiger partial charge in [-0.15, -0.1) is 0 Å². The minimum Gasteiger partial charge on any atom is -0.464 e. The fraction of sp³-hybridized carbons (Fsp3) is 0.391. The smallest absolute Gasteiger partial charge is 0.251 e. The average molecular weight is 393 g/mol. The largest absolute Gasteiger partial charge is 0.464 e. The highest BCUT2D eigenvalue weighted by molar-refractivity contribution is 5.96. The van der Waals surface area contributed by atoms with E-state index in [1.165, 1.54) is 0 Å². The summed E-state index contributed by atoms with van der Waals surface area (Å²) >= 11 is 0. The molecule has 29 heavy (non-hydrogen) atoms. The molecule has 1 aliphatic rings. The number of amides is 1. The zero-order valence-electron chi connectivity index (χ0n) is 16.8. The summed E-state index contributed by atoms with van der Waals surface area (Å²) < 4.78 is 5.44. The number of benzene rings is 1. The van der Waals surface area contributed by atoms with Gasteiger partial charge >= 0.3 is 0 Å². The standard InChI is InChI=1S/C23H27N3O3/c1-23(2,28)16-7-9-17(10-8-16)25-22(27)15-5-3-14(4-6-15)21-18-11-12-29-19(18)13-20(24)26-21/h3-6,11-13,16-17,28H,7-10H2,1-2H3,(H2,24,26)(H,25,27). The molecule has 1 saturated carbocycles. The van der Waals surface area contributed by atoms with Crippen molar-refractivity contribution in [2.24, 2.45) is 5.92 Å². The van der Waals surface area contributed by atoms with E-state index < -0.39 is 5.60 Å². The minimum atomic E-state index is -0.653. The normalized spacial score (nSPS) is 20.0. The van der Waals surface area contributed by atoms with Gasteiger partial charge in [0.2, 0.25) is 0 Å². The van der Waals surface area contributed by atoms with Gasteiger partial charge in [-0.3, -0.25) is 4.79 Å². The van der Waals surface area contributed by atoms with E-state index in [0.717, 1.165) is 42.3 Å². The summed E-state index contributed by atoms with van der Waals surface area (Å²) in [4.78, 5) is 17.1. The maximum absolute atomic E-state index is 12.7. The highest BCUT2D eigenvalue weighted by atomic mass is 16.3. The van der Waals surface area contributed by atoms with Crippen LogP contribution in [0.4, 0.5) is 5.82 Å². The van der Waals surface area contributed by atoms with Gasteiger partial charge in [-0.2, -0.15) is 0 Å². The lowest BCUT2D eigenvalue weighted by Crippen LogP contribution is -2.41. The zero-order chi connectivity index (χ0) is 20.6. The number of aromatic nitrogens is 1. The number of anilines is 1. The summed E-state index contributed by atoms with van der Waals surface area (Å²) in [7, 11) is 0. The summed E-state index contributed by atoms with van der Waals surface area (Å²) in [5.74, 6) is 0.615. The van der Waals surface area contributed by atoms with Crippen molar-refractivity contribution in [2.75, 3.05) is 5.73 Å². The van der Waals surface area contributed by atoms with Crippen LogP contribution in [0.2, 0.25) is 0 Å². The molecule has 1 aromatic carbocycles. The van der Waals surface area contributed by atoms with Crippen LogP contribution in [0, 0.1) is 5.92 Å². The molecule has 0 bridgehead atoms. The molecule has 0 saturated heterocycles. The predicted molar refractivity (Wildman–Crippen MR) is 113 cm³/mol. The molecule has 4 N–H and O–H groups in total. The number of nitrogen functional groups attached to an aromatic ring is 1. The molecule has 0 atom stereocenters. The number of nitrogens with two attached hydrogens (primary N) is 1. The third-order valence-electron chi connectivity index (χ3n) is 5.95. The van der Waals surface area contributed by atoms with Crippen molar-refractivity contribution in [3.63, 3.8) is 0 Å². The molecular formula is C23H27N3O3. The van der Waals surface area contributed by atoms with E-state index in [0.29, 0.717) is 22.9 Å². The second-order valence-corrected chi connectivity index (χ2v) is 8.48. The Balaban J connectivity index is 1.44. The zero-order valence-corrected chi connectivity index (χ0v) is 16.8. The Morgan fingerprint density at radius 2 is 1.86 bits per heavy atom. The Hall–Kier alpha value is -2.86. The molecular weight excluding hydrogens is 366 g/mol. The Labute approximate surface area is 170 Å². The molecule has 6 heteroatoms. The van der Waals surface area contributed by atoms with E-state index in [1.54, 1.807) is 12.3 Å². The van der Waals surface area contributed by atoms with Gasteiger partial charge in [0, 0.05) is 28.6 Å². The predicted octanol–water partition coefficient (Wildman–Crippen LogP) is 4.14. The summed E-state index contributed by atoms with van der Waals surface area (Å²) in [5, 5.41) is 14.2. The van der Waals surface area contributed by atoms with Crippen molar-refractivity contribution in [2.45, 2.75) is 51.2 Å². The number of rotatable bonds is 4. The lowest BCUT2D eigenvalue weighted by Gasteiger charge is -2.36. The van der Waals surface area contributed by atoms with Crippen LogP contribution in [0.1, 0.15) is 49.9 Å². The van der Waals surface area contributed by atoms with Gasteiger partial charge in [-0.25, -0.2) is 4.98 Å². The first kappa shape index (κ1) is 19.5. The molecule has 0 radical (unpaired) electrons. The van der Waals surface area contributed by atoms with E-state index in [-0.39, 0.29) is 11.9 Å². The summed E-state index contributed by atoms with van der Waals surface area (Å²) in [5.41, 5.74) is 8.17. The Kier molecular flexibility index (Phi) is 5.04. The molecule has 0 unspecified atom stereocenters. The maximum atomic E-state index is 12.7. The molecule has 4 rings (SSSR count). The summed E-state index contributed by atoms with van der Waals surface area (Å²) in [6.07, 6.45) is 5.25. The van der Waals surface area contributed by atoms with Crippen LogP contribution in [-0.2, 0) is 0 Å². The lowest BCUT2D eigenvalue weighted by atomic mass is 9.77. The van der Waals surface area contributed by atoms with Crippen molar-refractivity contribution in [3.8, 4) is 11.3 Å². The van der Waals surface area contributed by atoms with E-state index in [1.807, 2.05) is 44.2 Å². The molecule has 6 nitrogen and oxygen atoms in total. The van der Waals surface area contributed by atoms with Gasteiger partial charge in [-0.05, 0) is 63.6 Å². The van der Waals surface area contributed by atoms with Crippen molar-refractivity contribution < 1.29 is 14.3 Å². The number of carbonyl (C=O) groups excluding carboxylic acids is 1. The third-order valence-corrected chi connectivity index (χ3v) is 5.95. The van der Waals surface area contributed by atoms with E-state index in [2.05, 4.69) is 10.3 Å². The summed E-state index contributed by atoms with van der Waals surface area (Å²) in [6, 6.07) is 11.1. The highest BCUT2D eigenvalue weighted by Gasteiger charge is 2.31. The van der Waals surface area contributed by atoms with Gasteiger partial charge in [0.15, 0.2) is 0 Å². The van der Waals surface area contributed by atoms with Crippen LogP contribution in [-0.4, -0.2) is 27.6 Å². The van der Waals surface area contributed by atoms with Crippen molar-refractivity contribution in [1.82, 2.24) is 10.3 Å². The van der Waals surface area contributed by atoms with Crippen LogP contribution < -0.4 is 11.1 Å². The molecule has 2 aromatic heterocycles. The average Bonchev–Trinajstić information content (AvgIpc) is 3.15. The van der Waals surface area contributed by atoms with Gasteiger partial charge in [0.25, 0.3) is 5.91 Å². The number of carbonyl (C=O) groups is 1. The van der Waals surface area contributed by atoms with Crippen LogP contribution in [0.3, 0.4) is 0 Å². The number of pyridine rings is 1. The fourth-order valence-corrected chi connectivity index (χ4v) is 4.20. The van der Waals surface area contributed by atoms with Crippen LogP contribution in [0.15, 0.2) is 47.1 Å². The third kappa shape index (κ3) is 4.12. The minimum absolute atomic E-state index is 0.0720. The molecule has 1 fully saturated rings. The second kappa shape index (κ2) is 7.52. The van der Waals surface area contributed by atoms with Crippen LogP contribution in [0.5, 0.6) is 0 Å². The number of fused-ring (bicyclic) bond motifs is 1. The number of nitrogens with zero attached hydrogens (tertiary/aromatic N) is 1. The molecule has 0 spiro atoms. The van der Waals surface area contributed by atoms with Gasteiger partial charge in [0.05, 0.1) is 17.6 Å². The second-order valence-electron chi connectivity index (χ2n) is 8.48. The number of nitrogens with one attached hydrogen (secondary N) is 1. The van der Waals surface area contributed by atoms with Crippen LogP contribution in [0.25, 0.3) is 22.2 Å². The summed E-state index contributed by atoms with van der Waals surface area (Å²) in [6.45, 7) is 3.73. The van der Waals surface area contributed by atoms with Gasteiger partial charge < -0.3 is 20.6 Å². The van der Waals surface area contributed by atoms with E-state index in [9.17, 15) is 9.90 Å². The lowest BCUT2D eigenvalue weighted by molar-refractivity contribution is -0.00257. The molecule has 2 heterocycles. The van der Waals surface area contributed by atoms with Crippen molar-refractivity contribution in [3.05, 3.63) is 48.2 Å². The van der Waals surface area contributed by atoms with Crippen molar-refractivity contribution >= 4 is 22.7 Å². The molecule has 3 aromatic rings. The first-order valence-corrected chi connectivity index (χ1v) is 10.1. The molecule has 1 aliphatic carbocycles. The first-order chi connectivity index (χ1) is 13.8. The SMILES string of the molecule is CC(C)(O)C1CCC(NC(=O)c2ccc(-c3nc(N)cc4occc34)cc2)CC1. The number of hydrogen-bond acceptors (Lipinski definition) is 5. The topological polar surface area (TPSA) is 101 Å². The monoisotopic (exact) mass is 393 g/mol. The maximum Gasteiger partial charge on any atom is 0.251 e. The highest BCUT2D eigenvalue weighted by Crippen LogP contribution is 2.33. The molecule has 1 amide bonds. The molecule has 152 valence electrons.